The lowest BCUT2D eigenvalue weighted by Crippen LogP contribution is -2.36. The van der Waals surface area contributed by atoms with Crippen molar-refractivity contribution in [1.82, 2.24) is 4.90 Å². The summed E-state index contributed by atoms with van der Waals surface area (Å²) >= 11 is 0. The van der Waals surface area contributed by atoms with Gasteiger partial charge in [-0.1, -0.05) is 84.9 Å². The lowest BCUT2D eigenvalue weighted by atomic mass is 10.1. The van der Waals surface area contributed by atoms with Crippen LogP contribution in [0.2, 0.25) is 0 Å². The minimum absolute atomic E-state index is 0.762. The van der Waals surface area contributed by atoms with Crippen molar-refractivity contribution in [3.63, 3.8) is 0 Å². The van der Waals surface area contributed by atoms with Crippen molar-refractivity contribution in [1.29, 1.82) is 0 Å². The molecular formula is C30H29NOP+. The molecular weight excluding hydrogens is 421 g/mol. The van der Waals surface area contributed by atoms with Gasteiger partial charge in [-0.25, -0.2) is 0 Å². The predicted molar refractivity (Wildman–Crippen MR) is 142 cm³/mol. The Morgan fingerprint density at radius 2 is 0.970 bits per heavy atom. The van der Waals surface area contributed by atoms with Crippen molar-refractivity contribution >= 4 is 28.9 Å². The normalized spacial score (nSPS) is 14.8. The molecule has 0 spiro atoms. The lowest BCUT2D eigenvalue weighted by molar-refractivity contribution is 0.0640. The molecule has 2 nitrogen and oxygen atoms in total. The van der Waals surface area contributed by atoms with Crippen LogP contribution >= 0.6 is 7.26 Å². The Balaban J connectivity index is 1.83. The molecule has 0 saturated carbocycles. The maximum absolute atomic E-state index is 5.71. The van der Waals surface area contributed by atoms with Gasteiger partial charge in [0.05, 0.1) is 24.7 Å². The second-order valence-electron chi connectivity index (χ2n) is 8.21. The molecule has 1 aliphatic rings. The quantitative estimate of drug-likeness (QED) is 0.369. The first kappa shape index (κ1) is 21.6. The highest BCUT2D eigenvalue weighted by molar-refractivity contribution is 7.98. The standard InChI is InChI=1S/C30H29NOP/c1-5-13-26(14-6-1)30(31-21-23-32-24-22-31)25-33(27-15-7-2-8-16-27,28-17-9-3-10-18-28)29-19-11-4-12-20-29/h1-20,25H,21-24H2/q+1/b30-25+. The van der Waals surface area contributed by atoms with Crippen molar-refractivity contribution in [3.05, 3.63) is 133 Å². The molecule has 33 heavy (non-hydrogen) atoms. The molecule has 0 N–H and O–H groups in total. The molecule has 5 rings (SSSR count). The average molecular weight is 451 g/mol. The Bertz CT molecular complexity index is 1070. The summed E-state index contributed by atoms with van der Waals surface area (Å²) in [5, 5.41) is 4.09. The zero-order valence-corrected chi connectivity index (χ0v) is 19.6. The second kappa shape index (κ2) is 10.2. The van der Waals surface area contributed by atoms with E-state index in [0.29, 0.717) is 0 Å². The summed E-state index contributed by atoms with van der Waals surface area (Å²) in [4.78, 5) is 2.50. The second-order valence-corrected chi connectivity index (χ2v) is 11.5. The van der Waals surface area contributed by atoms with E-state index < -0.39 is 7.26 Å². The average Bonchev–Trinajstić information content (AvgIpc) is 2.92. The third-order valence-electron chi connectivity index (χ3n) is 6.23. The van der Waals surface area contributed by atoms with Gasteiger partial charge in [0.15, 0.2) is 0 Å². The van der Waals surface area contributed by atoms with Gasteiger partial charge in [0.2, 0.25) is 0 Å². The number of hydrogen-bond acceptors (Lipinski definition) is 2. The molecule has 1 heterocycles. The van der Waals surface area contributed by atoms with Crippen LogP contribution in [0.4, 0.5) is 0 Å². The van der Waals surface area contributed by atoms with Crippen LogP contribution in [0.5, 0.6) is 0 Å². The molecule has 3 heteroatoms. The van der Waals surface area contributed by atoms with Gasteiger partial charge < -0.3 is 9.64 Å². The first-order valence-electron chi connectivity index (χ1n) is 11.5. The lowest BCUT2D eigenvalue weighted by Gasteiger charge is -2.33. The van der Waals surface area contributed by atoms with Crippen molar-refractivity contribution in [2.24, 2.45) is 0 Å². The van der Waals surface area contributed by atoms with Crippen molar-refractivity contribution < 1.29 is 4.74 Å². The smallest absolute Gasteiger partial charge is 0.139 e. The number of hydrogen-bond donors (Lipinski definition) is 0. The van der Waals surface area contributed by atoms with Gasteiger partial charge in [-0.2, -0.15) is 0 Å². The van der Waals surface area contributed by atoms with E-state index >= 15 is 0 Å². The van der Waals surface area contributed by atoms with Crippen LogP contribution in [0, 0.1) is 0 Å². The largest absolute Gasteiger partial charge is 0.378 e. The highest BCUT2D eigenvalue weighted by atomic mass is 31.2. The fourth-order valence-corrected chi connectivity index (χ4v) is 8.54. The first-order chi connectivity index (χ1) is 16.4. The maximum Gasteiger partial charge on any atom is 0.139 e. The highest BCUT2D eigenvalue weighted by Gasteiger charge is 2.44. The Labute approximate surface area is 197 Å². The Morgan fingerprint density at radius 3 is 1.39 bits per heavy atom. The van der Waals surface area contributed by atoms with E-state index in [1.807, 2.05) is 0 Å². The number of ether oxygens (including phenoxy) is 1. The summed E-state index contributed by atoms with van der Waals surface area (Å²) in [7, 11) is -2.09. The summed E-state index contributed by atoms with van der Waals surface area (Å²) in [6.07, 6.45) is 0. The molecule has 4 aromatic rings. The van der Waals surface area contributed by atoms with Gasteiger partial charge in [0.1, 0.15) is 23.2 Å². The van der Waals surface area contributed by atoms with E-state index in [2.05, 4.69) is 132 Å². The molecule has 1 fully saturated rings. The molecule has 0 atom stereocenters. The van der Waals surface area contributed by atoms with Crippen LogP contribution in [0.25, 0.3) is 5.70 Å². The molecule has 1 saturated heterocycles. The monoisotopic (exact) mass is 450 g/mol. The number of benzene rings is 4. The number of morpholine rings is 1. The Hall–Kier alpha value is -3.19. The molecule has 0 radical (unpaired) electrons. The number of rotatable bonds is 6. The summed E-state index contributed by atoms with van der Waals surface area (Å²) in [6.45, 7) is 3.33. The van der Waals surface area contributed by atoms with E-state index in [-0.39, 0.29) is 0 Å². The van der Waals surface area contributed by atoms with Gasteiger partial charge >= 0.3 is 0 Å². The van der Waals surface area contributed by atoms with E-state index in [1.54, 1.807) is 0 Å². The zero-order valence-electron chi connectivity index (χ0n) is 18.8. The minimum atomic E-state index is -2.09. The molecule has 0 bridgehead atoms. The fourth-order valence-electron chi connectivity index (χ4n) is 4.60. The summed E-state index contributed by atoms with van der Waals surface area (Å²) in [5.74, 6) is 2.59. The van der Waals surface area contributed by atoms with Gasteiger partial charge in [-0.05, 0) is 36.4 Å². The third-order valence-corrected chi connectivity index (χ3v) is 10.2. The molecule has 0 aromatic heterocycles. The van der Waals surface area contributed by atoms with Gasteiger partial charge in [0.25, 0.3) is 0 Å². The van der Waals surface area contributed by atoms with Gasteiger partial charge in [-0.15, -0.1) is 0 Å². The molecule has 0 amide bonds. The van der Waals surface area contributed by atoms with Crippen LogP contribution in [0.3, 0.4) is 0 Å². The SMILES string of the molecule is C(=C(/c1ccccc1)N1CCOCC1)/[P+](c1ccccc1)(c1ccccc1)c1ccccc1. The molecule has 1 aliphatic heterocycles. The van der Waals surface area contributed by atoms with Crippen molar-refractivity contribution in [2.75, 3.05) is 26.3 Å². The van der Waals surface area contributed by atoms with Crippen LogP contribution in [0.15, 0.2) is 127 Å². The minimum Gasteiger partial charge on any atom is -0.378 e. The topological polar surface area (TPSA) is 12.5 Å². The van der Waals surface area contributed by atoms with Crippen LogP contribution in [-0.4, -0.2) is 31.2 Å². The van der Waals surface area contributed by atoms with E-state index in [1.165, 1.54) is 27.2 Å². The zero-order chi connectivity index (χ0) is 22.3. The van der Waals surface area contributed by atoms with Gasteiger partial charge in [-0.3, -0.25) is 0 Å². The molecule has 164 valence electrons. The Kier molecular flexibility index (Phi) is 6.67. The van der Waals surface area contributed by atoms with Crippen molar-refractivity contribution in [3.8, 4) is 0 Å². The van der Waals surface area contributed by atoms with E-state index in [4.69, 9.17) is 4.74 Å². The Morgan fingerprint density at radius 1 is 0.576 bits per heavy atom. The number of nitrogens with zero attached hydrogens (tertiary/aromatic N) is 1. The van der Waals surface area contributed by atoms with Crippen LogP contribution < -0.4 is 15.9 Å². The van der Waals surface area contributed by atoms with Crippen molar-refractivity contribution in [2.45, 2.75) is 0 Å². The third kappa shape index (κ3) is 4.50. The molecule has 4 aromatic carbocycles. The molecule has 0 aliphatic carbocycles. The van der Waals surface area contributed by atoms with E-state index in [9.17, 15) is 0 Å². The van der Waals surface area contributed by atoms with Crippen LogP contribution in [-0.2, 0) is 4.74 Å². The summed E-state index contributed by atoms with van der Waals surface area (Å²) < 4.78 is 5.71. The fraction of sp³-hybridized carbons (Fsp3) is 0.133. The highest BCUT2D eigenvalue weighted by Crippen LogP contribution is 2.58. The first-order valence-corrected chi connectivity index (χ1v) is 13.4. The summed E-state index contributed by atoms with van der Waals surface area (Å²) in [6, 6.07) is 43.9. The van der Waals surface area contributed by atoms with Crippen LogP contribution in [0.1, 0.15) is 5.56 Å². The van der Waals surface area contributed by atoms with E-state index in [0.717, 1.165) is 26.3 Å². The maximum atomic E-state index is 5.71. The predicted octanol–water partition coefficient (Wildman–Crippen LogP) is 5.31. The summed E-state index contributed by atoms with van der Waals surface area (Å²) in [5.41, 5.74) is 2.55. The van der Waals surface area contributed by atoms with Gasteiger partial charge in [0, 0.05) is 18.7 Å². The molecule has 0 unspecified atom stereocenters.